The quantitative estimate of drug-likeness (QED) is 0.879. The Hall–Kier alpha value is -1.83. The number of hydrogen-bond donors (Lipinski definition) is 1. The highest BCUT2D eigenvalue weighted by molar-refractivity contribution is 7.08. The molecule has 1 N–H and O–H groups in total. The summed E-state index contributed by atoms with van der Waals surface area (Å²) in [6.07, 6.45) is 3.40. The molecular formula is C11H16N6OS. The van der Waals surface area contributed by atoms with Gasteiger partial charge in [0, 0.05) is 6.20 Å². The summed E-state index contributed by atoms with van der Waals surface area (Å²) in [6.45, 7) is 6.48. The zero-order valence-corrected chi connectivity index (χ0v) is 11.9. The number of hydrogen-bond acceptors (Lipinski definition) is 6. The molecule has 0 saturated heterocycles. The van der Waals surface area contributed by atoms with Crippen molar-refractivity contribution in [1.82, 2.24) is 29.9 Å². The lowest BCUT2D eigenvalue weighted by Gasteiger charge is -2.21. The molecule has 1 atom stereocenters. The highest BCUT2D eigenvalue weighted by Gasteiger charge is 2.20. The topological polar surface area (TPSA) is 85.6 Å². The Morgan fingerprint density at radius 3 is 2.84 bits per heavy atom. The van der Waals surface area contributed by atoms with Crippen molar-refractivity contribution in [3.05, 3.63) is 23.0 Å². The smallest absolute Gasteiger partial charge is 0.265 e. The normalized spacial score (nSPS) is 12.6. The van der Waals surface area contributed by atoms with Crippen LogP contribution in [-0.2, 0) is 6.54 Å². The third-order valence-corrected chi connectivity index (χ3v) is 3.66. The van der Waals surface area contributed by atoms with Crippen LogP contribution in [0.2, 0.25) is 0 Å². The van der Waals surface area contributed by atoms with Gasteiger partial charge in [0.1, 0.15) is 4.88 Å². The van der Waals surface area contributed by atoms with E-state index in [-0.39, 0.29) is 17.9 Å². The molecule has 8 heteroatoms. The molecule has 0 unspecified atom stereocenters. The predicted octanol–water partition coefficient (Wildman–Crippen LogP) is 0.893. The Labute approximate surface area is 115 Å². The van der Waals surface area contributed by atoms with Gasteiger partial charge < -0.3 is 5.32 Å². The van der Waals surface area contributed by atoms with Gasteiger partial charge in [-0.25, -0.2) is 0 Å². The van der Waals surface area contributed by atoms with Crippen molar-refractivity contribution in [2.24, 2.45) is 5.92 Å². The third-order valence-electron chi connectivity index (χ3n) is 2.83. The second-order valence-electron chi connectivity index (χ2n) is 4.64. The van der Waals surface area contributed by atoms with Gasteiger partial charge in [-0.3, -0.25) is 9.48 Å². The highest BCUT2D eigenvalue weighted by atomic mass is 32.1. The van der Waals surface area contributed by atoms with Crippen LogP contribution in [-0.4, -0.2) is 36.5 Å². The SMILES string of the molecule is Cc1nnsc1C(=O)N[C@H](Cn1ccnn1)C(C)C. The van der Waals surface area contributed by atoms with E-state index in [9.17, 15) is 4.79 Å². The largest absolute Gasteiger partial charge is 0.346 e. The van der Waals surface area contributed by atoms with Crippen molar-refractivity contribution in [2.75, 3.05) is 0 Å². The van der Waals surface area contributed by atoms with E-state index < -0.39 is 0 Å². The van der Waals surface area contributed by atoms with Gasteiger partial charge >= 0.3 is 0 Å². The van der Waals surface area contributed by atoms with Crippen LogP contribution in [0.5, 0.6) is 0 Å². The lowest BCUT2D eigenvalue weighted by molar-refractivity contribution is 0.0922. The Morgan fingerprint density at radius 1 is 1.53 bits per heavy atom. The molecule has 7 nitrogen and oxygen atoms in total. The Morgan fingerprint density at radius 2 is 2.32 bits per heavy atom. The van der Waals surface area contributed by atoms with Crippen LogP contribution in [0.25, 0.3) is 0 Å². The van der Waals surface area contributed by atoms with Gasteiger partial charge in [0.15, 0.2) is 0 Å². The van der Waals surface area contributed by atoms with E-state index in [1.807, 2.05) is 0 Å². The molecule has 0 aromatic carbocycles. The van der Waals surface area contributed by atoms with Crippen LogP contribution in [0, 0.1) is 12.8 Å². The number of nitrogens with one attached hydrogen (secondary N) is 1. The van der Waals surface area contributed by atoms with Gasteiger partial charge in [-0.15, -0.1) is 10.2 Å². The molecule has 0 aliphatic carbocycles. The fourth-order valence-corrected chi connectivity index (χ4v) is 2.19. The van der Waals surface area contributed by atoms with Crippen LogP contribution in [0.4, 0.5) is 0 Å². The van der Waals surface area contributed by atoms with Crippen LogP contribution in [0.15, 0.2) is 12.4 Å². The van der Waals surface area contributed by atoms with Crippen molar-refractivity contribution in [1.29, 1.82) is 0 Å². The fourth-order valence-electron chi connectivity index (χ4n) is 1.63. The van der Waals surface area contributed by atoms with E-state index in [1.165, 1.54) is 0 Å². The number of rotatable bonds is 5. The second kappa shape index (κ2) is 5.87. The Kier molecular flexibility index (Phi) is 4.20. The van der Waals surface area contributed by atoms with Crippen LogP contribution in [0.3, 0.4) is 0 Å². The van der Waals surface area contributed by atoms with Gasteiger partial charge in [0.05, 0.1) is 24.5 Å². The first kappa shape index (κ1) is 13.6. The van der Waals surface area contributed by atoms with E-state index in [4.69, 9.17) is 0 Å². The maximum Gasteiger partial charge on any atom is 0.265 e. The minimum atomic E-state index is -0.133. The minimum absolute atomic E-state index is 0.0179. The molecule has 0 aliphatic rings. The number of amides is 1. The van der Waals surface area contributed by atoms with Crippen LogP contribution < -0.4 is 5.32 Å². The van der Waals surface area contributed by atoms with Crippen molar-refractivity contribution in [3.63, 3.8) is 0 Å². The monoisotopic (exact) mass is 280 g/mol. The van der Waals surface area contributed by atoms with E-state index in [0.29, 0.717) is 17.1 Å². The molecule has 0 saturated carbocycles. The maximum atomic E-state index is 12.1. The maximum absolute atomic E-state index is 12.1. The summed E-state index contributed by atoms with van der Waals surface area (Å²) in [5.74, 6) is 0.153. The van der Waals surface area contributed by atoms with Gasteiger partial charge in [-0.2, -0.15) is 0 Å². The summed E-state index contributed by atoms with van der Waals surface area (Å²) in [5.41, 5.74) is 0.658. The van der Waals surface area contributed by atoms with E-state index >= 15 is 0 Å². The summed E-state index contributed by atoms with van der Waals surface area (Å²) in [5, 5.41) is 14.5. The number of aromatic nitrogens is 5. The van der Waals surface area contributed by atoms with E-state index in [0.717, 1.165) is 11.5 Å². The summed E-state index contributed by atoms with van der Waals surface area (Å²) in [6, 6.07) is -0.0179. The number of aryl methyl sites for hydroxylation is 1. The van der Waals surface area contributed by atoms with Crippen LogP contribution >= 0.6 is 11.5 Å². The van der Waals surface area contributed by atoms with Crippen molar-refractivity contribution in [2.45, 2.75) is 33.4 Å². The molecule has 1 amide bonds. The Bertz CT molecular complexity index is 535. The second-order valence-corrected chi connectivity index (χ2v) is 5.39. The lowest BCUT2D eigenvalue weighted by Crippen LogP contribution is -2.41. The summed E-state index contributed by atoms with van der Waals surface area (Å²) >= 11 is 1.11. The van der Waals surface area contributed by atoms with E-state index in [2.05, 4.69) is 39.1 Å². The number of carbonyl (C=O) groups is 1. The van der Waals surface area contributed by atoms with Crippen molar-refractivity contribution in [3.8, 4) is 0 Å². The third kappa shape index (κ3) is 3.34. The molecular weight excluding hydrogens is 264 g/mol. The predicted molar refractivity (Wildman–Crippen MR) is 70.8 cm³/mol. The van der Waals surface area contributed by atoms with Gasteiger partial charge in [0.2, 0.25) is 0 Å². The Balaban J connectivity index is 2.05. The molecule has 0 aliphatic heterocycles. The molecule has 2 aromatic heterocycles. The zero-order valence-electron chi connectivity index (χ0n) is 11.1. The van der Waals surface area contributed by atoms with Gasteiger partial charge in [-0.05, 0) is 24.4 Å². The molecule has 102 valence electrons. The fraction of sp³-hybridized carbons (Fsp3) is 0.545. The number of nitrogens with zero attached hydrogens (tertiary/aromatic N) is 5. The summed E-state index contributed by atoms with van der Waals surface area (Å²) < 4.78 is 5.48. The summed E-state index contributed by atoms with van der Waals surface area (Å²) in [7, 11) is 0. The number of carbonyl (C=O) groups excluding carboxylic acids is 1. The summed E-state index contributed by atoms with van der Waals surface area (Å²) in [4.78, 5) is 12.7. The molecule has 0 fully saturated rings. The molecule has 2 heterocycles. The standard InChI is InChI=1S/C11H16N6OS/c1-7(2)9(6-17-5-4-12-15-17)13-11(18)10-8(3)14-16-19-10/h4-5,7,9H,6H2,1-3H3,(H,13,18)/t9-/m1/s1. The van der Waals surface area contributed by atoms with Gasteiger partial charge in [-0.1, -0.05) is 23.5 Å². The highest BCUT2D eigenvalue weighted by Crippen LogP contribution is 2.11. The molecule has 0 bridgehead atoms. The van der Waals surface area contributed by atoms with Crippen molar-refractivity contribution < 1.29 is 4.79 Å². The first-order valence-electron chi connectivity index (χ1n) is 6.02. The molecule has 0 spiro atoms. The van der Waals surface area contributed by atoms with Crippen LogP contribution in [0.1, 0.15) is 29.2 Å². The minimum Gasteiger partial charge on any atom is -0.346 e. The lowest BCUT2D eigenvalue weighted by atomic mass is 10.0. The average Bonchev–Trinajstić information content (AvgIpc) is 2.99. The van der Waals surface area contributed by atoms with Gasteiger partial charge in [0.25, 0.3) is 5.91 Å². The van der Waals surface area contributed by atoms with Crippen molar-refractivity contribution >= 4 is 17.4 Å². The first-order chi connectivity index (χ1) is 9.08. The molecule has 19 heavy (non-hydrogen) atoms. The average molecular weight is 280 g/mol. The van der Waals surface area contributed by atoms with E-state index in [1.54, 1.807) is 24.0 Å². The molecule has 2 aromatic rings. The zero-order chi connectivity index (χ0) is 13.8. The molecule has 0 radical (unpaired) electrons. The first-order valence-corrected chi connectivity index (χ1v) is 6.79. The molecule has 2 rings (SSSR count).